The van der Waals surface area contributed by atoms with Gasteiger partial charge in [0.15, 0.2) is 0 Å². The smallest absolute Gasteiger partial charge is 0.225 e. The third kappa shape index (κ3) is 3.78. The molecule has 6 unspecified atom stereocenters. The van der Waals surface area contributed by atoms with E-state index in [0.717, 1.165) is 45.3 Å². The number of hydrogen-bond acceptors (Lipinski definition) is 7. The first-order valence-corrected chi connectivity index (χ1v) is 11.7. The highest BCUT2D eigenvalue weighted by molar-refractivity contribution is 5.78. The van der Waals surface area contributed by atoms with E-state index in [1.54, 1.807) is 0 Å². The normalized spacial score (nSPS) is 41.3. The number of nitrogens with one attached hydrogen (secondary N) is 3. The van der Waals surface area contributed by atoms with Crippen LogP contribution in [0.4, 0.5) is 4.39 Å². The van der Waals surface area contributed by atoms with Crippen LogP contribution in [0.1, 0.15) is 39.5 Å². The van der Waals surface area contributed by atoms with Crippen molar-refractivity contribution in [2.24, 2.45) is 23.7 Å². The number of hydroxylamine groups is 1. The van der Waals surface area contributed by atoms with Gasteiger partial charge in [-0.3, -0.25) is 20.4 Å². The maximum atomic E-state index is 15.7. The topological polar surface area (TPSA) is 78.1 Å². The molecule has 4 heterocycles. The lowest BCUT2D eigenvalue weighted by molar-refractivity contribution is -0.136. The quantitative estimate of drug-likeness (QED) is 0.609. The third-order valence-electron chi connectivity index (χ3n) is 7.83. The lowest BCUT2D eigenvalue weighted by Gasteiger charge is -2.44. The number of hydrogen-bond donors (Lipinski definition) is 3. The minimum atomic E-state index is -0.928. The molecule has 0 aromatic rings. The van der Waals surface area contributed by atoms with Crippen molar-refractivity contribution in [2.45, 2.75) is 70.2 Å². The largest absolute Gasteiger partial charge is 0.378 e. The molecule has 5 rings (SSSR count). The highest BCUT2D eigenvalue weighted by Gasteiger charge is 2.52. The maximum absolute atomic E-state index is 15.7. The zero-order valence-electron chi connectivity index (χ0n) is 18.1. The van der Waals surface area contributed by atoms with Gasteiger partial charge >= 0.3 is 0 Å². The van der Waals surface area contributed by atoms with Crippen molar-refractivity contribution in [3.8, 4) is 0 Å². The number of likely N-dealkylation sites (tertiary alicyclic amines) is 1. The Bertz CT molecular complexity index is 628. The Morgan fingerprint density at radius 3 is 2.53 bits per heavy atom. The molecule has 1 amide bonds. The summed E-state index contributed by atoms with van der Waals surface area (Å²) in [5, 5.41) is 5.67. The van der Waals surface area contributed by atoms with Crippen LogP contribution in [0, 0.1) is 23.7 Å². The molecule has 30 heavy (non-hydrogen) atoms. The van der Waals surface area contributed by atoms with E-state index < -0.39 is 6.17 Å². The van der Waals surface area contributed by atoms with Gasteiger partial charge in [0.1, 0.15) is 12.4 Å². The third-order valence-corrected chi connectivity index (χ3v) is 7.83. The molecule has 5 aliphatic rings. The number of hydrazine groups is 1. The summed E-state index contributed by atoms with van der Waals surface area (Å²) < 4.78 is 21.0. The molecule has 4 aliphatic heterocycles. The number of alkyl halides is 1. The second kappa shape index (κ2) is 8.60. The van der Waals surface area contributed by atoms with Gasteiger partial charge < -0.3 is 9.64 Å². The fourth-order valence-electron chi connectivity index (χ4n) is 5.91. The molecular formula is C21H36FN5O3. The van der Waals surface area contributed by atoms with E-state index in [4.69, 9.17) is 9.57 Å². The van der Waals surface area contributed by atoms with E-state index >= 15 is 4.39 Å². The number of halogens is 1. The Hall–Kier alpha value is -0.840. The van der Waals surface area contributed by atoms with E-state index in [9.17, 15) is 4.79 Å². The molecule has 0 radical (unpaired) electrons. The summed E-state index contributed by atoms with van der Waals surface area (Å²) in [7, 11) is 0. The molecule has 0 aromatic carbocycles. The molecule has 4 saturated heterocycles. The number of ether oxygens (including phenoxy) is 1. The van der Waals surface area contributed by atoms with Crippen molar-refractivity contribution in [1.29, 1.82) is 0 Å². The van der Waals surface area contributed by atoms with Crippen molar-refractivity contribution >= 4 is 5.91 Å². The number of amides is 1. The van der Waals surface area contributed by atoms with Crippen molar-refractivity contribution in [2.75, 3.05) is 32.8 Å². The predicted octanol–water partition coefficient (Wildman–Crippen LogP) is 0.610. The van der Waals surface area contributed by atoms with Crippen molar-refractivity contribution < 1.29 is 18.8 Å². The van der Waals surface area contributed by atoms with Gasteiger partial charge in [-0.15, -0.1) is 0 Å². The van der Waals surface area contributed by atoms with Gasteiger partial charge in [0.2, 0.25) is 5.91 Å². The minimum absolute atomic E-state index is 0.0223. The Morgan fingerprint density at radius 2 is 1.87 bits per heavy atom. The van der Waals surface area contributed by atoms with Crippen LogP contribution in [0.15, 0.2) is 0 Å². The van der Waals surface area contributed by atoms with Gasteiger partial charge in [-0.25, -0.2) is 9.40 Å². The summed E-state index contributed by atoms with van der Waals surface area (Å²) in [6, 6.07) is 0.200. The van der Waals surface area contributed by atoms with Gasteiger partial charge in [-0.05, 0) is 37.5 Å². The van der Waals surface area contributed by atoms with E-state index in [1.807, 2.05) is 18.7 Å². The van der Waals surface area contributed by atoms with Gasteiger partial charge in [0, 0.05) is 31.5 Å². The van der Waals surface area contributed by atoms with Crippen LogP contribution < -0.4 is 16.2 Å². The maximum Gasteiger partial charge on any atom is 0.225 e. The average molecular weight is 426 g/mol. The first-order chi connectivity index (χ1) is 14.5. The molecule has 0 bridgehead atoms. The van der Waals surface area contributed by atoms with Crippen LogP contribution in [0.2, 0.25) is 0 Å². The summed E-state index contributed by atoms with van der Waals surface area (Å²) in [5.74, 6) is 0.875. The van der Waals surface area contributed by atoms with Crippen LogP contribution in [0.25, 0.3) is 0 Å². The molecule has 9 heteroatoms. The number of nitrogens with zero attached hydrogens (tertiary/aromatic N) is 2. The summed E-state index contributed by atoms with van der Waals surface area (Å²) in [5.41, 5.74) is 6.57. The van der Waals surface area contributed by atoms with Gasteiger partial charge in [-0.2, -0.15) is 5.48 Å². The van der Waals surface area contributed by atoms with Crippen LogP contribution >= 0.6 is 0 Å². The van der Waals surface area contributed by atoms with Crippen LogP contribution in [-0.2, 0) is 14.4 Å². The average Bonchev–Trinajstić information content (AvgIpc) is 3.35. The van der Waals surface area contributed by atoms with Gasteiger partial charge in [-0.1, -0.05) is 13.8 Å². The molecular weight excluding hydrogens is 389 g/mol. The summed E-state index contributed by atoms with van der Waals surface area (Å²) in [6.45, 7) is 7.72. The number of carbonyl (C=O) groups excluding carboxylic acids is 1. The number of piperidine rings is 1. The van der Waals surface area contributed by atoms with Crippen LogP contribution in [-0.4, -0.2) is 79.3 Å². The van der Waals surface area contributed by atoms with Crippen molar-refractivity contribution in [3.05, 3.63) is 0 Å². The number of carbonyl (C=O) groups is 1. The van der Waals surface area contributed by atoms with E-state index in [2.05, 4.69) is 21.2 Å². The second-order valence-corrected chi connectivity index (χ2v) is 10.0. The molecule has 170 valence electrons. The molecule has 1 saturated carbocycles. The molecule has 0 aromatic heterocycles. The first-order valence-electron chi connectivity index (χ1n) is 11.7. The first kappa shape index (κ1) is 21.0. The summed E-state index contributed by atoms with van der Waals surface area (Å²) >= 11 is 0. The van der Waals surface area contributed by atoms with E-state index in [1.165, 1.54) is 0 Å². The fourth-order valence-corrected chi connectivity index (χ4v) is 5.91. The van der Waals surface area contributed by atoms with Crippen LogP contribution in [0.5, 0.6) is 0 Å². The molecule has 3 N–H and O–H groups in total. The van der Waals surface area contributed by atoms with Gasteiger partial charge in [0.25, 0.3) is 0 Å². The fraction of sp³-hybridized carbons (Fsp3) is 0.952. The number of fused-ring (bicyclic) bond motifs is 1. The monoisotopic (exact) mass is 425 g/mol. The van der Waals surface area contributed by atoms with E-state index in [-0.39, 0.29) is 36.2 Å². The highest BCUT2D eigenvalue weighted by Crippen LogP contribution is 2.41. The summed E-state index contributed by atoms with van der Waals surface area (Å²) in [4.78, 5) is 20.1. The van der Waals surface area contributed by atoms with Crippen LogP contribution in [0.3, 0.4) is 0 Å². The molecule has 0 spiro atoms. The Balaban J connectivity index is 1.16. The second-order valence-electron chi connectivity index (χ2n) is 10.0. The standard InChI is InChI=1S/C21H36FN5O3/c1-12(2)21(28)26-7-5-13(6-8-26)19-24-20(30-25-19)16-4-3-14-9-23-27(15-10-29-11-15)18(14)17(16)22/h12-20,23-25H,3-11H2,1-2H3. The van der Waals surface area contributed by atoms with Crippen molar-refractivity contribution in [1.82, 2.24) is 26.1 Å². The molecule has 8 nitrogen and oxygen atoms in total. The van der Waals surface area contributed by atoms with Gasteiger partial charge in [0.05, 0.1) is 31.5 Å². The predicted molar refractivity (Wildman–Crippen MR) is 108 cm³/mol. The zero-order valence-corrected chi connectivity index (χ0v) is 18.1. The van der Waals surface area contributed by atoms with Crippen molar-refractivity contribution in [3.63, 3.8) is 0 Å². The Morgan fingerprint density at radius 1 is 1.10 bits per heavy atom. The lowest BCUT2D eigenvalue weighted by atomic mass is 9.76. The Kier molecular flexibility index (Phi) is 6.03. The highest BCUT2D eigenvalue weighted by atomic mass is 19.1. The van der Waals surface area contributed by atoms with E-state index in [0.29, 0.717) is 31.1 Å². The lowest BCUT2D eigenvalue weighted by Crippen LogP contribution is -2.60. The summed E-state index contributed by atoms with van der Waals surface area (Å²) in [6.07, 6.45) is 2.53. The minimum Gasteiger partial charge on any atom is -0.378 e. The Labute approximate surface area is 178 Å². The molecule has 6 atom stereocenters. The molecule has 5 fully saturated rings. The molecule has 1 aliphatic carbocycles. The zero-order chi connectivity index (χ0) is 20.8. The number of rotatable bonds is 4. The SMILES string of the molecule is CC(C)C(=O)N1CCC(C2NOC(C3CCC4CNN(C5COC5)C4C3F)N2)CC1.